The normalized spacial score (nSPS) is 18.7. The van der Waals surface area contributed by atoms with Gasteiger partial charge < -0.3 is 9.47 Å². The molecule has 102 valence electrons. The maximum absolute atomic E-state index is 9.12. The second-order valence-electron chi connectivity index (χ2n) is 4.25. The van der Waals surface area contributed by atoms with Gasteiger partial charge in [0.15, 0.2) is 6.23 Å². The molecule has 1 fully saturated rings. The van der Waals surface area contributed by atoms with E-state index in [1.54, 1.807) is 23.0 Å². The zero-order valence-corrected chi connectivity index (χ0v) is 11.2. The average molecular weight is 291 g/mol. The number of hydrogen-bond donors (Lipinski definition) is 0. The quantitative estimate of drug-likeness (QED) is 0.791. The van der Waals surface area contributed by atoms with Gasteiger partial charge in [0, 0.05) is 17.3 Å². The minimum absolute atomic E-state index is 0.233. The highest BCUT2D eigenvalue weighted by atomic mass is 35.5. The summed E-state index contributed by atoms with van der Waals surface area (Å²) in [5.41, 5.74) is 1.76. The van der Waals surface area contributed by atoms with E-state index in [4.69, 9.17) is 26.3 Å². The number of ether oxygens (including phenoxy) is 2. The van der Waals surface area contributed by atoms with Crippen LogP contribution in [0.3, 0.4) is 0 Å². The third-order valence-electron chi connectivity index (χ3n) is 2.97. The molecule has 1 unspecified atom stereocenters. The summed E-state index contributed by atoms with van der Waals surface area (Å²) in [7, 11) is 0. The fourth-order valence-corrected chi connectivity index (χ4v) is 2.16. The van der Waals surface area contributed by atoms with Crippen LogP contribution in [0.5, 0.6) is 0 Å². The molecule has 0 amide bonds. The van der Waals surface area contributed by atoms with Crippen LogP contribution in [0.2, 0.25) is 5.15 Å². The van der Waals surface area contributed by atoms with Gasteiger partial charge >= 0.3 is 0 Å². The van der Waals surface area contributed by atoms with Gasteiger partial charge in [-0.1, -0.05) is 11.6 Å². The lowest BCUT2D eigenvalue weighted by molar-refractivity contribution is -0.127. The number of nitriles is 1. The summed E-state index contributed by atoms with van der Waals surface area (Å²) >= 11 is 5.79. The molecule has 0 spiro atoms. The van der Waals surface area contributed by atoms with E-state index >= 15 is 0 Å². The SMILES string of the molecule is N#Cc1nc(Cl)ccc1-c1cnn(C2COCCO2)c1. The molecule has 1 aliphatic heterocycles. The summed E-state index contributed by atoms with van der Waals surface area (Å²) in [6.45, 7) is 1.61. The van der Waals surface area contributed by atoms with E-state index < -0.39 is 0 Å². The van der Waals surface area contributed by atoms with Gasteiger partial charge in [-0.2, -0.15) is 10.4 Å². The number of aromatic nitrogens is 3. The Labute approximate surface area is 120 Å². The zero-order valence-electron chi connectivity index (χ0n) is 10.5. The van der Waals surface area contributed by atoms with Crippen LogP contribution >= 0.6 is 11.6 Å². The van der Waals surface area contributed by atoms with E-state index in [9.17, 15) is 0 Å². The predicted octanol–water partition coefficient (Wildman–Crippen LogP) is 2.02. The highest BCUT2D eigenvalue weighted by Gasteiger charge is 2.18. The van der Waals surface area contributed by atoms with Crippen LogP contribution in [-0.4, -0.2) is 34.6 Å². The molecule has 0 aromatic carbocycles. The summed E-state index contributed by atoms with van der Waals surface area (Å²) in [6, 6.07) is 5.44. The van der Waals surface area contributed by atoms with Crippen molar-refractivity contribution in [3.05, 3.63) is 35.4 Å². The minimum atomic E-state index is -0.233. The molecule has 20 heavy (non-hydrogen) atoms. The number of halogens is 1. The van der Waals surface area contributed by atoms with Crippen molar-refractivity contribution in [3.63, 3.8) is 0 Å². The van der Waals surface area contributed by atoms with Crippen molar-refractivity contribution in [3.8, 4) is 17.2 Å². The molecular formula is C13H11ClN4O2. The van der Waals surface area contributed by atoms with Gasteiger partial charge in [0.1, 0.15) is 16.9 Å². The van der Waals surface area contributed by atoms with Crippen LogP contribution in [0, 0.1) is 11.3 Å². The standard InChI is InChI=1S/C13H11ClN4O2/c14-12-2-1-10(11(5-15)17-12)9-6-16-18(7-9)13-8-19-3-4-20-13/h1-2,6-7,13H,3-4,8H2. The Balaban J connectivity index is 1.92. The third kappa shape index (κ3) is 2.51. The van der Waals surface area contributed by atoms with Crippen LogP contribution < -0.4 is 0 Å². The number of hydrogen-bond acceptors (Lipinski definition) is 5. The lowest BCUT2D eigenvalue weighted by atomic mass is 10.1. The largest absolute Gasteiger partial charge is 0.374 e. The first-order chi connectivity index (χ1) is 9.78. The Bertz CT molecular complexity index is 659. The summed E-state index contributed by atoms with van der Waals surface area (Å²) in [5, 5.41) is 13.7. The fraction of sp³-hybridized carbons (Fsp3) is 0.308. The van der Waals surface area contributed by atoms with Crippen molar-refractivity contribution < 1.29 is 9.47 Å². The average Bonchev–Trinajstić information content (AvgIpc) is 2.97. The molecule has 2 aromatic heterocycles. The van der Waals surface area contributed by atoms with E-state index in [0.717, 1.165) is 5.56 Å². The molecule has 1 aliphatic rings. The monoisotopic (exact) mass is 290 g/mol. The van der Waals surface area contributed by atoms with Gasteiger partial charge in [0.25, 0.3) is 0 Å². The Kier molecular flexibility index (Phi) is 3.65. The molecule has 0 aliphatic carbocycles. The predicted molar refractivity (Wildman–Crippen MR) is 71.0 cm³/mol. The van der Waals surface area contributed by atoms with E-state index in [1.165, 1.54) is 0 Å². The smallest absolute Gasteiger partial charge is 0.173 e. The second kappa shape index (κ2) is 5.59. The van der Waals surface area contributed by atoms with Gasteiger partial charge in [-0.25, -0.2) is 9.67 Å². The van der Waals surface area contributed by atoms with Gasteiger partial charge in [-0.3, -0.25) is 0 Å². The van der Waals surface area contributed by atoms with Gasteiger partial charge in [0.05, 0.1) is 26.0 Å². The summed E-state index contributed by atoms with van der Waals surface area (Å²) in [5.74, 6) is 0. The van der Waals surface area contributed by atoms with Crippen molar-refractivity contribution in [1.82, 2.24) is 14.8 Å². The lowest BCUT2D eigenvalue weighted by Crippen LogP contribution is -2.26. The van der Waals surface area contributed by atoms with Crippen LogP contribution in [-0.2, 0) is 9.47 Å². The van der Waals surface area contributed by atoms with Crippen LogP contribution in [0.4, 0.5) is 0 Å². The first-order valence-corrected chi connectivity index (χ1v) is 6.46. The highest BCUT2D eigenvalue weighted by molar-refractivity contribution is 6.29. The lowest BCUT2D eigenvalue weighted by Gasteiger charge is -2.22. The summed E-state index contributed by atoms with van der Waals surface area (Å²) in [4.78, 5) is 4.00. The molecule has 1 atom stereocenters. The topological polar surface area (TPSA) is 73.0 Å². The summed E-state index contributed by atoms with van der Waals surface area (Å²) < 4.78 is 12.6. The molecule has 7 heteroatoms. The van der Waals surface area contributed by atoms with Crippen molar-refractivity contribution in [1.29, 1.82) is 5.26 Å². The Morgan fingerprint density at radius 3 is 3.05 bits per heavy atom. The maximum atomic E-state index is 9.12. The number of pyridine rings is 1. The van der Waals surface area contributed by atoms with Gasteiger partial charge in [-0.05, 0) is 12.1 Å². The van der Waals surface area contributed by atoms with Crippen LogP contribution in [0.15, 0.2) is 24.5 Å². The van der Waals surface area contributed by atoms with Gasteiger partial charge in [0.2, 0.25) is 0 Å². The highest BCUT2D eigenvalue weighted by Crippen LogP contribution is 2.25. The number of rotatable bonds is 2. The van der Waals surface area contributed by atoms with Crippen LogP contribution in [0.25, 0.3) is 11.1 Å². The first kappa shape index (κ1) is 13.1. The fourth-order valence-electron chi connectivity index (χ4n) is 2.02. The summed E-state index contributed by atoms with van der Waals surface area (Å²) in [6.07, 6.45) is 3.25. The Hall–Kier alpha value is -1.94. The first-order valence-electron chi connectivity index (χ1n) is 6.08. The van der Waals surface area contributed by atoms with Crippen LogP contribution in [0.1, 0.15) is 11.9 Å². The van der Waals surface area contributed by atoms with Crippen molar-refractivity contribution in [2.75, 3.05) is 19.8 Å². The number of nitrogens with zero attached hydrogens (tertiary/aromatic N) is 4. The third-order valence-corrected chi connectivity index (χ3v) is 3.18. The van der Waals surface area contributed by atoms with E-state index in [0.29, 0.717) is 30.5 Å². The molecule has 3 heterocycles. The van der Waals surface area contributed by atoms with Crippen molar-refractivity contribution in [2.45, 2.75) is 6.23 Å². The van der Waals surface area contributed by atoms with E-state index in [2.05, 4.69) is 10.1 Å². The Morgan fingerprint density at radius 1 is 1.40 bits per heavy atom. The molecule has 0 saturated carbocycles. The minimum Gasteiger partial charge on any atom is -0.374 e. The second-order valence-corrected chi connectivity index (χ2v) is 4.64. The molecule has 1 saturated heterocycles. The molecule has 0 bridgehead atoms. The molecular weight excluding hydrogens is 280 g/mol. The molecule has 2 aromatic rings. The molecule has 6 nitrogen and oxygen atoms in total. The molecule has 0 N–H and O–H groups in total. The Morgan fingerprint density at radius 2 is 2.30 bits per heavy atom. The zero-order chi connectivity index (χ0) is 13.9. The van der Waals surface area contributed by atoms with Crippen molar-refractivity contribution >= 4 is 11.6 Å². The van der Waals surface area contributed by atoms with E-state index in [-0.39, 0.29) is 11.9 Å². The molecule has 0 radical (unpaired) electrons. The molecule has 3 rings (SSSR count). The maximum Gasteiger partial charge on any atom is 0.173 e. The van der Waals surface area contributed by atoms with E-state index in [1.807, 2.05) is 12.3 Å². The van der Waals surface area contributed by atoms with Crippen molar-refractivity contribution in [2.24, 2.45) is 0 Å². The van der Waals surface area contributed by atoms with Gasteiger partial charge in [-0.15, -0.1) is 0 Å².